The molecule has 1 saturated carbocycles. The molecule has 0 aliphatic heterocycles. The van der Waals surface area contributed by atoms with Gasteiger partial charge in [-0.15, -0.1) is 33.1 Å². The maximum Gasteiger partial charge on any atom is 0.425 e. The van der Waals surface area contributed by atoms with Crippen LogP contribution in [0.25, 0.3) is 12.2 Å². The van der Waals surface area contributed by atoms with Crippen LogP contribution in [0.4, 0.5) is 67.7 Å². The van der Waals surface area contributed by atoms with E-state index in [1.807, 2.05) is 50.2 Å². The molecule has 2 amide bonds. The molecule has 1 aliphatic rings. The second-order valence-corrected chi connectivity index (χ2v) is 23.9. The summed E-state index contributed by atoms with van der Waals surface area (Å²) in [5.74, 6) is -2.09. The van der Waals surface area contributed by atoms with Gasteiger partial charge >= 0.3 is 20.7 Å². The zero-order chi connectivity index (χ0) is 62.6. The number of rotatable bonds is 25. The summed E-state index contributed by atoms with van der Waals surface area (Å²) in [6.07, 6.45) is 9.35. The fourth-order valence-electron chi connectivity index (χ4n) is 8.66. The summed E-state index contributed by atoms with van der Waals surface area (Å²) in [4.78, 5) is 79.7. The van der Waals surface area contributed by atoms with E-state index in [1.165, 1.54) is 19.2 Å². The predicted octanol–water partition coefficient (Wildman–Crippen LogP) is 12.7. The molecule has 3 heterocycles. The maximum absolute atomic E-state index is 13.3. The molecule has 0 unspecified atom stereocenters. The summed E-state index contributed by atoms with van der Waals surface area (Å²) in [6.45, 7) is 13.5. The monoisotopic (exact) mass is 1280 g/mol. The number of amides is 2. The molecule has 4 aromatic carbocycles. The van der Waals surface area contributed by atoms with Crippen molar-refractivity contribution in [3.63, 3.8) is 0 Å². The Hall–Kier alpha value is -8.81. The number of nitrogens with one attached hydrogen (secondary N) is 4. The van der Waals surface area contributed by atoms with Gasteiger partial charge in [0.25, 0.3) is 11.8 Å². The van der Waals surface area contributed by atoms with Gasteiger partial charge in [-0.05, 0) is 127 Å². The second kappa shape index (κ2) is 31.5. The number of carbonyl (C=O) groups excluding carboxylic acids is 4. The lowest BCUT2D eigenvalue weighted by atomic mass is 10.0. The number of anilines is 8. The van der Waals surface area contributed by atoms with Crippen LogP contribution in [0.2, 0.25) is 0 Å². The van der Waals surface area contributed by atoms with Crippen LogP contribution < -0.4 is 31.1 Å². The van der Waals surface area contributed by atoms with Gasteiger partial charge in [0.1, 0.15) is 11.4 Å². The number of carbonyl (C=O) groups is 4. The largest absolute Gasteiger partial charge is 0.425 e. The van der Waals surface area contributed by atoms with Crippen molar-refractivity contribution >= 4 is 158 Å². The molecule has 0 saturated heterocycles. The van der Waals surface area contributed by atoms with Crippen molar-refractivity contribution in [1.82, 2.24) is 24.9 Å². The van der Waals surface area contributed by atoms with Gasteiger partial charge in [0.2, 0.25) is 27.2 Å². The molecule has 1 fully saturated rings. The molecule has 0 spiro atoms. The molecule has 7 aromatic rings. The van der Waals surface area contributed by atoms with Crippen LogP contribution in [0.15, 0.2) is 145 Å². The van der Waals surface area contributed by atoms with Crippen LogP contribution in [0.3, 0.4) is 0 Å². The molecule has 87 heavy (non-hydrogen) atoms. The minimum atomic E-state index is -4.98. The van der Waals surface area contributed by atoms with Gasteiger partial charge in [0.05, 0.1) is 32.3 Å². The third-order valence-corrected chi connectivity index (χ3v) is 16.7. The highest BCUT2D eigenvalue weighted by Gasteiger charge is 2.25. The Balaban J connectivity index is 0.00000262. The summed E-state index contributed by atoms with van der Waals surface area (Å²) in [5.41, 5.74) is 3.88. The summed E-state index contributed by atoms with van der Waals surface area (Å²) in [7, 11) is -8.09. The number of Topliss-reactive ketones (excluding diaryl/α,β-unsaturated/α-hetero) is 2. The average molecular weight is 1280 g/mol. The standard InChI is InChI=1S/C57H61N15O7S4.O3S/c1-7-71(8-2)39-26-28-45(67-69-55-58-34-42(81-55)32-43(35(5)73)50(75)59-37-20-14-11-15-21-37)47(30-39)61-53-64-54(66-56(65-53)80-41-24-18-13-19-25-41)62-48-31-40(72(9-3)10-4)27-29-46(48)68-70-57-63-52(83(77,78)79)49(82-57)33-44(36(6)74)51(76)60-38-22-16-12-17-23-38;1-4(2)3/h11-12,14-17,20-23,26-34,41H,7-10,13,18-19,24-25H2,1-6H3,(H,59,75)(H,60,76)(H,77,78,79)(H2,61,62,64,65,66);/b43-32+,44-33-,69-67?,70-68?;. The minimum absolute atomic E-state index is 0.0475. The van der Waals surface area contributed by atoms with Gasteiger partial charge in [-0.25, -0.2) is 9.97 Å². The Labute approximate surface area is 515 Å². The summed E-state index contributed by atoms with van der Waals surface area (Å²) >= 11 is 3.41. The van der Waals surface area contributed by atoms with Gasteiger partial charge in [-0.2, -0.15) is 23.4 Å². The normalized spacial score (nSPS) is 13.0. The number of benzene rings is 4. The Morgan fingerprint density at radius 1 is 0.644 bits per heavy atom. The Morgan fingerprint density at radius 3 is 1.57 bits per heavy atom. The summed E-state index contributed by atoms with van der Waals surface area (Å²) in [6, 6.07) is 28.4. The number of thiazole rings is 2. The fourth-order valence-corrected chi connectivity index (χ4v) is 12.2. The number of nitrogens with zero attached hydrogens (tertiary/aromatic N) is 11. The Morgan fingerprint density at radius 2 is 1.11 bits per heavy atom. The lowest BCUT2D eigenvalue weighted by Gasteiger charge is -2.23. The van der Waals surface area contributed by atoms with E-state index >= 15 is 0 Å². The van der Waals surface area contributed by atoms with E-state index in [2.05, 4.69) is 75.3 Å². The van der Waals surface area contributed by atoms with Gasteiger partial charge < -0.3 is 31.1 Å². The molecule has 8 rings (SSSR count). The van der Waals surface area contributed by atoms with E-state index in [0.717, 1.165) is 80.9 Å². The molecule has 1 aliphatic carbocycles. The van der Waals surface area contributed by atoms with E-state index in [0.29, 0.717) is 62.9 Å². The third kappa shape index (κ3) is 19.3. The van der Waals surface area contributed by atoms with Crippen LogP contribution in [-0.2, 0) is 39.9 Å². The average Bonchev–Trinajstić information content (AvgIpc) is 4.05. The van der Waals surface area contributed by atoms with Crippen molar-refractivity contribution in [2.24, 2.45) is 20.5 Å². The topological polar surface area (TPSA) is 342 Å². The van der Waals surface area contributed by atoms with Crippen molar-refractivity contribution < 1.29 is 44.8 Å². The van der Waals surface area contributed by atoms with Crippen LogP contribution in [0.1, 0.15) is 83.4 Å². The molecule has 0 radical (unpaired) electrons. The van der Waals surface area contributed by atoms with E-state index in [-0.39, 0.29) is 49.1 Å². The molecule has 3 aromatic heterocycles. The highest BCUT2D eigenvalue weighted by molar-refractivity contribution is 7.99. The van der Waals surface area contributed by atoms with Gasteiger partial charge in [0, 0.05) is 60.4 Å². The molecule has 0 atom stereocenters. The van der Waals surface area contributed by atoms with Crippen molar-refractivity contribution in [2.45, 2.75) is 89.1 Å². The molecule has 0 bridgehead atoms. The minimum Gasteiger partial charge on any atom is -0.372 e. The van der Waals surface area contributed by atoms with Crippen molar-refractivity contribution in [2.75, 3.05) is 57.2 Å². The molecule has 30 heteroatoms. The van der Waals surface area contributed by atoms with Gasteiger partial charge in [-0.1, -0.05) is 90.1 Å². The molecule has 454 valence electrons. The first-order valence-corrected chi connectivity index (χ1v) is 32.2. The fraction of sp³-hybridized carbons (Fsp3) is 0.281. The number of hydrogen-bond acceptors (Lipinski definition) is 25. The first-order chi connectivity index (χ1) is 41.7. The van der Waals surface area contributed by atoms with Crippen LogP contribution in [0, 0.1) is 0 Å². The highest BCUT2D eigenvalue weighted by Crippen LogP contribution is 2.39. The van der Waals surface area contributed by atoms with E-state index in [1.54, 1.807) is 72.4 Å². The lowest BCUT2D eigenvalue weighted by Crippen LogP contribution is -2.21. The van der Waals surface area contributed by atoms with Gasteiger partial charge in [0.15, 0.2) is 16.7 Å². The lowest BCUT2D eigenvalue weighted by molar-refractivity contribution is -0.120. The van der Waals surface area contributed by atoms with Crippen LogP contribution >= 0.6 is 34.4 Å². The number of azo groups is 2. The quantitative estimate of drug-likeness (QED) is 0.0117. The summed E-state index contributed by atoms with van der Waals surface area (Å²) < 4.78 is 61.0. The number of aromatic nitrogens is 5. The first-order valence-electron chi connectivity index (χ1n) is 27.2. The Bertz CT molecular complexity index is 3960. The number of hydrogen-bond donors (Lipinski definition) is 5. The van der Waals surface area contributed by atoms with E-state index < -0.39 is 49.1 Å². The molecular weight excluding hydrogens is 1220 g/mol. The number of para-hydroxylation sites is 2. The molecule has 5 N–H and O–H groups in total. The van der Waals surface area contributed by atoms with Crippen molar-refractivity contribution in [1.29, 1.82) is 0 Å². The van der Waals surface area contributed by atoms with E-state index in [4.69, 9.17) is 27.6 Å². The highest BCUT2D eigenvalue weighted by atomic mass is 32.2. The Kier molecular flexibility index (Phi) is 23.8. The maximum atomic E-state index is 13.3. The second-order valence-electron chi connectivity index (χ2n) is 18.8. The van der Waals surface area contributed by atoms with Crippen molar-refractivity contribution in [3.05, 3.63) is 124 Å². The predicted molar refractivity (Wildman–Crippen MR) is 339 cm³/mol. The summed E-state index contributed by atoms with van der Waals surface area (Å²) in [5, 5.41) is 30.1. The smallest absolute Gasteiger partial charge is 0.372 e. The van der Waals surface area contributed by atoms with Crippen molar-refractivity contribution in [3.8, 4) is 0 Å². The first kappa shape index (κ1) is 65.7. The van der Waals surface area contributed by atoms with Crippen LogP contribution in [-0.4, -0.2) is 105 Å². The van der Waals surface area contributed by atoms with Crippen LogP contribution in [0.5, 0.6) is 0 Å². The SMILES string of the molecule is CCN(CC)c1ccc(N=Nc2ncc(/C=C(\C(C)=O)C(=O)Nc3ccccc3)s2)c(Nc2nc(Nc3cc(N(CC)CC)ccc3N=Nc3nc(S(=O)(=O)O)c(/C=C(/C(C)=O)C(=O)Nc4ccccc4)s3)nc(SC3CCCCC3)n2)c1.O=S(=O)=O. The number of ketones is 2. The molecule has 25 nitrogen and oxygen atoms in total. The molecular formula is C57H61N15O10S5. The zero-order valence-corrected chi connectivity index (χ0v) is 52.1. The zero-order valence-electron chi connectivity index (χ0n) is 48.0. The van der Waals surface area contributed by atoms with Gasteiger partial charge in [-0.3, -0.25) is 23.7 Å². The third-order valence-electron chi connectivity index (χ3n) is 12.9. The number of thioether (sulfide) groups is 1. The van der Waals surface area contributed by atoms with E-state index in [9.17, 15) is 32.1 Å².